The van der Waals surface area contributed by atoms with Gasteiger partial charge in [0, 0.05) is 19.9 Å². The number of rotatable bonds is 2. The smallest absolute Gasteiger partial charge is 0.114 e. The fraction of sp³-hybridized carbons (Fsp3) is 0.0909. The van der Waals surface area contributed by atoms with E-state index < -0.39 is 6.10 Å². The minimum atomic E-state index is -0.586. The summed E-state index contributed by atoms with van der Waals surface area (Å²) in [6.45, 7) is 0. The molecule has 1 atom stereocenters. The van der Waals surface area contributed by atoms with Crippen LogP contribution in [0.15, 0.2) is 40.2 Å². The Kier molecular flexibility index (Phi) is 3.46. The van der Waals surface area contributed by atoms with Crippen molar-refractivity contribution in [3.8, 4) is 0 Å². The maximum Gasteiger partial charge on any atom is 0.114 e. The van der Waals surface area contributed by atoms with Gasteiger partial charge in [-0.05, 0) is 23.6 Å². The molecule has 1 aromatic heterocycles. The van der Waals surface area contributed by atoms with Crippen LogP contribution in [-0.4, -0.2) is 5.11 Å². The third-order valence-corrected chi connectivity index (χ3v) is 3.92. The van der Waals surface area contributed by atoms with Gasteiger partial charge in [-0.2, -0.15) is 0 Å². The maximum absolute atomic E-state index is 10.1. The molecule has 0 aliphatic carbocycles. The summed E-state index contributed by atoms with van der Waals surface area (Å²) in [6, 6.07) is 9.23. The summed E-state index contributed by atoms with van der Waals surface area (Å²) >= 11 is 10.8. The number of hydrogen-bond acceptors (Lipinski definition) is 2. The van der Waals surface area contributed by atoms with Crippen LogP contribution >= 0.6 is 38.9 Å². The molecule has 1 unspecified atom stereocenters. The predicted octanol–water partition coefficient (Wildman–Crippen LogP) is 4.25. The summed E-state index contributed by atoms with van der Waals surface area (Å²) in [7, 11) is 0. The van der Waals surface area contributed by atoms with Gasteiger partial charge in [-0.15, -0.1) is 11.3 Å². The van der Waals surface area contributed by atoms with E-state index >= 15 is 0 Å². The van der Waals surface area contributed by atoms with Crippen molar-refractivity contribution in [2.75, 3.05) is 0 Å². The molecule has 0 amide bonds. The van der Waals surface area contributed by atoms with Crippen LogP contribution in [0.1, 0.15) is 16.5 Å². The molecule has 15 heavy (non-hydrogen) atoms. The average Bonchev–Trinajstić information content (AvgIpc) is 2.69. The van der Waals surface area contributed by atoms with Gasteiger partial charge in [0.2, 0.25) is 0 Å². The molecule has 0 aliphatic heterocycles. The third kappa shape index (κ3) is 2.42. The van der Waals surface area contributed by atoms with Crippen LogP contribution in [0.25, 0.3) is 0 Å². The van der Waals surface area contributed by atoms with Crippen molar-refractivity contribution in [3.05, 3.63) is 55.6 Å². The predicted molar refractivity (Wildman–Crippen MR) is 67.5 cm³/mol. The maximum atomic E-state index is 10.1. The second-order valence-corrected chi connectivity index (χ2v) is 5.35. The zero-order valence-corrected chi connectivity index (χ0v) is 10.8. The van der Waals surface area contributed by atoms with Crippen molar-refractivity contribution < 1.29 is 5.11 Å². The first-order valence-electron chi connectivity index (χ1n) is 4.35. The van der Waals surface area contributed by atoms with Crippen molar-refractivity contribution in [2.45, 2.75) is 6.10 Å². The van der Waals surface area contributed by atoms with Crippen molar-refractivity contribution in [1.82, 2.24) is 0 Å². The normalized spacial score (nSPS) is 12.7. The van der Waals surface area contributed by atoms with E-state index in [-0.39, 0.29) is 0 Å². The van der Waals surface area contributed by atoms with Crippen LogP contribution in [0.2, 0.25) is 5.02 Å². The van der Waals surface area contributed by atoms with E-state index in [9.17, 15) is 5.11 Å². The van der Waals surface area contributed by atoms with Gasteiger partial charge in [-0.1, -0.05) is 39.7 Å². The molecule has 2 aromatic rings. The van der Waals surface area contributed by atoms with Gasteiger partial charge >= 0.3 is 0 Å². The second kappa shape index (κ2) is 4.66. The number of halogens is 2. The van der Waals surface area contributed by atoms with E-state index in [0.717, 1.165) is 14.9 Å². The number of aliphatic hydroxyl groups is 1. The molecule has 1 heterocycles. The highest BCUT2D eigenvalue weighted by Gasteiger charge is 2.14. The molecule has 4 heteroatoms. The quantitative estimate of drug-likeness (QED) is 0.879. The molecule has 2 rings (SSSR count). The van der Waals surface area contributed by atoms with Crippen molar-refractivity contribution >= 4 is 38.9 Å². The molecular formula is C11H8BrClOS. The Morgan fingerprint density at radius 3 is 2.73 bits per heavy atom. The summed E-state index contributed by atoms with van der Waals surface area (Å²) in [4.78, 5) is 0.929. The van der Waals surface area contributed by atoms with Gasteiger partial charge in [0.05, 0.1) is 0 Å². The van der Waals surface area contributed by atoms with E-state index in [1.54, 1.807) is 12.1 Å². The van der Waals surface area contributed by atoms with Gasteiger partial charge in [0.15, 0.2) is 0 Å². The molecular weight excluding hydrogens is 296 g/mol. The molecule has 0 bridgehead atoms. The van der Waals surface area contributed by atoms with E-state index in [0.29, 0.717) is 5.02 Å². The minimum absolute atomic E-state index is 0.586. The molecule has 0 radical (unpaired) electrons. The van der Waals surface area contributed by atoms with Gasteiger partial charge in [0.25, 0.3) is 0 Å². The first kappa shape index (κ1) is 11.1. The van der Waals surface area contributed by atoms with Crippen LogP contribution < -0.4 is 0 Å². The number of aliphatic hydroxyl groups excluding tert-OH is 1. The molecule has 78 valence electrons. The standard InChI is InChI=1S/C11H8BrClOS/c12-9-6-7(13)3-4-8(9)11(14)10-2-1-5-15-10/h1-6,11,14H. The molecule has 0 aliphatic rings. The highest BCUT2D eigenvalue weighted by atomic mass is 79.9. The summed E-state index contributed by atoms with van der Waals surface area (Å²) < 4.78 is 0.830. The SMILES string of the molecule is OC(c1cccs1)c1ccc(Cl)cc1Br. The summed E-state index contributed by atoms with van der Waals surface area (Å²) in [6.07, 6.45) is -0.586. The number of hydrogen-bond donors (Lipinski definition) is 1. The molecule has 0 spiro atoms. The average molecular weight is 304 g/mol. The van der Waals surface area contributed by atoms with Gasteiger partial charge in [-0.25, -0.2) is 0 Å². The van der Waals surface area contributed by atoms with Crippen LogP contribution in [0.3, 0.4) is 0 Å². The van der Waals surface area contributed by atoms with Gasteiger partial charge in [0.1, 0.15) is 6.10 Å². The molecule has 0 saturated heterocycles. The lowest BCUT2D eigenvalue weighted by Gasteiger charge is -2.11. The Morgan fingerprint density at radius 2 is 2.13 bits per heavy atom. The molecule has 1 nitrogen and oxygen atoms in total. The Bertz CT molecular complexity index is 456. The van der Waals surface area contributed by atoms with Crippen LogP contribution in [0.4, 0.5) is 0 Å². The molecule has 1 N–H and O–H groups in total. The van der Waals surface area contributed by atoms with Crippen molar-refractivity contribution in [2.24, 2.45) is 0 Å². The molecule has 0 saturated carbocycles. The Morgan fingerprint density at radius 1 is 1.33 bits per heavy atom. The van der Waals surface area contributed by atoms with E-state index in [4.69, 9.17) is 11.6 Å². The highest BCUT2D eigenvalue weighted by Crippen LogP contribution is 2.32. The summed E-state index contributed by atoms with van der Waals surface area (Å²) in [5.41, 5.74) is 0.835. The Labute approximate surface area is 105 Å². The van der Waals surface area contributed by atoms with Gasteiger partial charge < -0.3 is 5.11 Å². The lowest BCUT2D eigenvalue weighted by molar-refractivity contribution is 0.223. The molecule has 1 aromatic carbocycles. The first-order valence-corrected chi connectivity index (χ1v) is 6.40. The zero-order chi connectivity index (χ0) is 10.8. The molecule has 0 fully saturated rings. The largest absolute Gasteiger partial charge is 0.383 e. The summed E-state index contributed by atoms with van der Waals surface area (Å²) in [5.74, 6) is 0. The number of thiophene rings is 1. The van der Waals surface area contributed by atoms with Crippen LogP contribution in [0.5, 0.6) is 0 Å². The van der Waals surface area contributed by atoms with E-state index in [2.05, 4.69) is 15.9 Å². The van der Waals surface area contributed by atoms with Crippen molar-refractivity contribution in [3.63, 3.8) is 0 Å². The number of benzene rings is 1. The second-order valence-electron chi connectivity index (χ2n) is 3.08. The van der Waals surface area contributed by atoms with Crippen molar-refractivity contribution in [1.29, 1.82) is 0 Å². The topological polar surface area (TPSA) is 20.2 Å². The van der Waals surface area contributed by atoms with E-state index in [1.165, 1.54) is 11.3 Å². The monoisotopic (exact) mass is 302 g/mol. The summed E-state index contributed by atoms with van der Waals surface area (Å²) in [5, 5.41) is 12.7. The minimum Gasteiger partial charge on any atom is -0.383 e. The highest BCUT2D eigenvalue weighted by molar-refractivity contribution is 9.10. The van der Waals surface area contributed by atoms with E-state index in [1.807, 2.05) is 23.6 Å². The first-order chi connectivity index (χ1) is 7.18. The van der Waals surface area contributed by atoms with Crippen LogP contribution in [0, 0.1) is 0 Å². The Hall–Kier alpha value is -0.350. The van der Waals surface area contributed by atoms with Crippen LogP contribution in [-0.2, 0) is 0 Å². The third-order valence-electron chi connectivity index (χ3n) is 2.07. The Balaban J connectivity index is 2.38. The lowest BCUT2D eigenvalue weighted by atomic mass is 10.1. The van der Waals surface area contributed by atoms with Gasteiger partial charge in [-0.3, -0.25) is 0 Å². The fourth-order valence-electron chi connectivity index (χ4n) is 1.32. The zero-order valence-electron chi connectivity index (χ0n) is 7.65. The fourth-order valence-corrected chi connectivity index (χ4v) is 2.95. The lowest BCUT2D eigenvalue weighted by Crippen LogP contribution is -1.97.